The Morgan fingerprint density at radius 1 is 1.57 bits per heavy atom. The lowest BCUT2D eigenvalue weighted by Crippen LogP contribution is -2.41. The number of hydrogen-bond acceptors (Lipinski definition) is 3. The molecule has 4 heteroatoms. The Morgan fingerprint density at radius 2 is 2.43 bits per heavy atom. The van der Waals surface area contributed by atoms with Crippen molar-refractivity contribution in [1.29, 1.82) is 0 Å². The van der Waals surface area contributed by atoms with Crippen LogP contribution in [-0.2, 0) is 4.79 Å². The number of nitrogens with one attached hydrogen (secondary N) is 2. The van der Waals surface area contributed by atoms with Gasteiger partial charge in [0.2, 0.25) is 5.91 Å². The molecule has 0 spiro atoms. The molecule has 2 rings (SSSR count). The number of fused-ring (bicyclic) bond motifs is 1. The van der Waals surface area contributed by atoms with Gasteiger partial charge in [-0.05, 0) is 25.3 Å². The SMILES string of the molecule is CNC(=O)CN1C[C@@H]2CCCN[C@@H]2C1. The summed E-state index contributed by atoms with van der Waals surface area (Å²) in [6.45, 7) is 3.84. The number of rotatable bonds is 2. The summed E-state index contributed by atoms with van der Waals surface area (Å²) in [6, 6.07) is 0.633. The number of carbonyl (C=O) groups excluding carboxylic acids is 1. The average Bonchev–Trinajstić information content (AvgIpc) is 2.59. The lowest BCUT2D eigenvalue weighted by Gasteiger charge is -2.24. The molecule has 0 saturated carbocycles. The molecule has 2 atom stereocenters. The first-order valence-electron chi connectivity index (χ1n) is 5.46. The molecular formula is C10H19N3O. The van der Waals surface area contributed by atoms with Crippen molar-refractivity contribution in [3.05, 3.63) is 0 Å². The Labute approximate surface area is 85.0 Å². The van der Waals surface area contributed by atoms with Crippen molar-refractivity contribution < 1.29 is 4.79 Å². The average molecular weight is 197 g/mol. The smallest absolute Gasteiger partial charge is 0.233 e. The first-order valence-corrected chi connectivity index (χ1v) is 5.46. The minimum Gasteiger partial charge on any atom is -0.358 e. The number of likely N-dealkylation sites (N-methyl/N-ethyl adjacent to an activating group) is 1. The van der Waals surface area contributed by atoms with Gasteiger partial charge in [-0.1, -0.05) is 0 Å². The Hall–Kier alpha value is -0.610. The number of piperidine rings is 1. The maximum atomic E-state index is 11.2. The van der Waals surface area contributed by atoms with Crippen molar-refractivity contribution in [2.24, 2.45) is 5.92 Å². The van der Waals surface area contributed by atoms with Gasteiger partial charge in [-0.2, -0.15) is 0 Å². The molecule has 2 heterocycles. The van der Waals surface area contributed by atoms with Crippen LogP contribution in [0.25, 0.3) is 0 Å². The first kappa shape index (κ1) is 9.93. The largest absolute Gasteiger partial charge is 0.358 e. The number of hydrogen-bond donors (Lipinski definition) is 2. The van der Waals surface area contributed by atoms with Crippen LogP contribution in [0.1, 0.15) is 12.8 Å². The van der Waals surface area contributed by atoms with E-state index in [9.17, 15) is 4.79 Å². The van der Waals surface area contributed by atoms with Crippen LogP contribution in [0, 0.1) is 5.92 Å². The van der Waals surface area contributed by atoms with Gasteiger partial charge in [-0.25, -0.2) is 0 Å². The number of amides is 1. The highest BCUT2D eigenvalue weighted by Gasteiger charge is 2.34. The van der Waals surface area contributed by atoms with Gasteiger partial charge in [0.25, 0.3) is 0 Å². The van der Waals surface area contributed by atoms with E-state index in [1.807, 2.05) is 0 Å². The molecule has 2 aliphatic heterocycles. The van der Waals surface area contributed by atoms with E-state index >= 15 is 0 Å². The summed E-state index contributed by atoms with van der Waals surface area (Å²) >= 11 is 0. The second-order valence-electron chi connectivity index (χ2n) is 4.33. The molecule has 0 aliphatic carbocycles. The summed E-state index contributed by atoms with van der Waals surface area (Å²) in [7, 11) is 1.70. The maximum Gasteiger partial charge on any atom is 0.233 e. The fourth-order valence-corrected chi connectivity index (χ4v) is 2.55. The van der Waals surface area contributed by atoms with Crippen LogP contribution in [0.4, 0.5) is 0 Å². The summed E-state index contributed by atoms with van der Waals surface area (Å²) in [5.74, 6) is 0.900. The summed E-state index contributed by atoms with van der Waals surface area (Å²) in [6.07, 6.45) is 2.61. The summed E-state index contributed by atoms with van der Waals surface area (Å²) in [5, 5.41) is 6.20. The third-order valence-electron chi connectivity index (χ3n) is 3.32. The quantitative estimate of drug-likeness (QED) is 0.622. The predicted octanol–water partition coefficient (Wildman–Crippen LogP) is -0.584. The Morgan fingerprint density at radius 3 is 3.14 bits per heavy atom. The van der Waals surface area contributed by atoms with Crippen molar-refractivity contribution in [1.82, 2.24) is 15.5 Å². The van der Waals surface area contributed by atoms with Gasteiger partial charge in [0.05, 0.1) is 6.54 Å². The Balaban J connectivity index is 1.83. The van der Waals surface area contributed by atoms with Gasteiger partial charge >= 0.3 is 0 Å². The molecule has 0 aromatic heterocycles. The van der Waals surface area contributed by atoms with E-state index in [2.05, 4.69) is 15.5 Å². The molecule has 2 N–H and O–H groups in total. The van der Waals surface area contributed by atoms with Crippen molar-refractivity contribution in [2.75, 3.05) is 33.2 Å². The van der Waals surface area contributed by atoms with Crippen molar-refractivity contribution in [3.8, 4) is 0 Å². The van der Waals surface area contributed by atoms with Crippen LogP contribution in [0.3, 0.4) is 0 Å². The fraction of sp³-hybridized carbons (Fsp3) is 0.900. The molecule has 2 saturated heterocycles. The van der Waals surface area contributed by atoms with Crippen molar-refractivity contribution in [2.45, 2.75) is 18.9 Å². The molecule has 14 heavy (non-hydrogen) atoms. The van der Waals surface area contributed by atoms with Crippen LogP contribution in [-0.4, -0.2) is 50.1 Å². The van der Waals surface area contributed by atoms with Gasteiger partial charge < -0.3 is 10.6 Å². The third-order valence-corrected chi connectivity index (χ3v) is 3.32. The number of nitrogens with zero attached hydrogens (tertiary/aromatic N) is 1. The fourth-order valence-electron chi connectivity index (χ4n) is 2.55. The van der Waals surface area contributed by atoms with E-state index in [1.54, 1.807) is 7.05 Å². The van der Waals surface area contributed by atoms with Gasteiger partial charge in [0.1, 0.15) is 0 Å². The van der Waals surface area contributed by atoms with Crippen LogP contribution >= 0.6 is 0 Å². The van der Waals surface area contributed by atoms with Crippen molar-refractivity contribution in [3.63, 3.8) is 0 Å². The summed E-state index contributed by atoms with van der Waals surface area (Å²) < 4.78 is 0. The minimum absolute atomic E-state index is 0.128. The highest BCUT2D eigenvalue weighted by atomic mass is 16.1. The van der Waals surface area contributed by atoms with Gasteiger partial charge in [-0.3, -0.25) is 9.69 Å². The Kier molecular flexibility index (Phi) is 3.03. The predicted molar refractivity (Wildman–Crippen MR) is 55.0 cm³/mol. The Bertz CT molecular complexity index is 205. The maximum absolute atomic E-state index is 11.2. The van der Waals surface area contributed by atoms with E-state index in [-0.39, 0.29) is 5.91 Å². The number of likely N-dealkylation sites (tertiary alicyclic amines) is 1. The monoisotopic (exact) mass is 197 g/mol. The van der Waals surface area contributed by atoms with E-state index in [0.29, 0.717) is 12.6 Å². The summed E-state index contributed by atoms with van der Waals surface area (Å²) in [5.41, 5.74) is 0. The molecule has 4 nitrogen and oxygen atoms in total. The molecule has 0 unspecified atom stereocenters. The minimum atomic E-state index is 0.128. The van der Waals surface area contributed by atoms with Gasteiger partial charge in [-0.15, -0.1) is 0 Å². The molecule has 0 aromatic rings. The molecule has 0 radical (unpaired) electrons. The molecule has 2 aliphatic rings. The van der Waals surface area contributed by atoms with E-state index in [4.69, 9.17) is 0 Å². The van der Waals surface area contributed by atoms with Crippen LogP contribution in [0.5, 0.6) is 0 Å². The lowest BCUT2D eigenvalue weighted by atomic mass is 9.94. The van der Waals surface area contributed by atoms with E-state index < -0.39 is 0 Å². The van der Waals surface area contributed by atoms with E-state index in [0.717, 1.165) is 25.6 Å². The highest BCUT2D eigenvalue weighted by Crippen LogP contribution is 2.24. The van der Waals surface area contributed by atoms with Crippen LogP contribution in [0.15, 0.2) is 0 Å². The zero-order valence-corrected chi connectivity index (χ0v) is 8.75. The van der Waals surface area contributed by atoms with E-state index in [1.165, 1.54) is 12.8 Å². The topological polar surface area (TPSA) is 44.4 Å². The zero-order chi connectivity index (χ0) is 9.97. The highest BCUT2D eigenvalue weighted by molar-refractivity contribution is 5.77. The number of carbonyl (C=O) groups is 1. The molecule has 0 bridgehead atoms. The van der Waals surface area contributed by atoms with Crippen molar-refractivity contribution >= 4 is 5.91 Å². The van der Waals surface area contributed by atoms with Gasteiger partial charge in [0.15, 0.2) is 0 Å². The second kappa shape index (κ2) is 4.28. The first-order chi connectivity index (χ1) is 6.79. The molecular weight excluding hydrogens is 178 g/mol. The third kappa shape index (κ3) is 2.07. The summed E-state index contributed by atoms with van der Waals surface area (Å²) in [4.78, 5) is 13.5. The van der Waals surface area contributed by atoms with Crippen LogP contribution in [0.2, 0.25) is 0 Å². The second-order valence-corrected chi connectivity index (χ2v) is 4.33. The molecule has 80 valence electrons. The zero-order valence-electron chi connectivity index (χ0n) is 8.75. The van der Waals surface area contributed by atoms with Gasteiger partial charge in [0, 0.05) is 26.2 Å². The molecule has 0 aromatic carbocycles. The molecule has 1 amide bonds. The molecule has 2 fully saturated rings. The van der Waals surface area contributed by atoms with Crippen LogP contribution < -0.4 is 10.6 Å². The standard InChI is InChI=1S/C10H19N3O/c1-11-10(14)7-13-5-8-3-2-4-12-9(8)6-13/h8-9,12H,2-7H2,1H3,(H,11,14)/t8-,9+/m0/s1. The lowest BCUT2D eigenvalue weighted by molar-refractivity contribution is -0.121. The normalized spacial score (nSPS) is 32.6.